The van der Waals surface area contributed by atoms with Crippen molar-refractivity contribution in [1.29, 1.82) is 0 Å². The topological polar surface area (TPSA) is 38.8 Å². The van der Waals surface area contributed by atoms with E-state index in [4.69, 9.17) is 0 Å². The first-order valence-electron chi connectivity index (χ1n) is 10.8. The second-order valence-corrected chi connectivity index (χ2v) is 10.3. The molecule has 5 nitrogen and oxygen atoms in total. The Morgan fingerprint density at radius 2 is 2.04 bits per heavy atom. The van der Waals surface area contributed by atoms with E-state index in [1.54, 1.807) is 4.90 Å². The minimum absolute atomic E-state index is 0.0223. The normalized spacial score (nSPS) is 23.2. The average molecular weight is 407 g/mol. The van der Waals surface area contributed by atoms with Gasteiger partial charge in [-0.15, -0.1) is 11.3 Å². The molecule has 2 amide bonds. The molecule has 2 aliphatic rings. The number of thiophene rings is 1. The van der Waals surface area contributed by atoms with Gasteiger partial charge in [0.15, 0.2) is 0 Å². The van der Waals surface area contributed by atoms with Crippen molar-refractivity contribution in [2.45, 2.75) is 52.1 Å². The van der Waals surface area contributed by atoms with Crippen LogP contribution in [0.4, 0.5) is 4.79 Å². The summed E-state index contributed by atoms with van der Waals surface area (Å²) in [5.41, 5.74) is 0.336. The Bertz CT molecular complexity index is 608. The van der Waals surface area contributed by atoms with E-state index in [9.17, 15) is 4.79 Å². The van der Waals surface area contributed by atoms with Crippen LogP contribution in [0.5, 0.6) is 0 Å². The molecule has 158 valence electrons. The monoisotopic (exact) mass is 406 g/mol. The zero-order valence-electron chi connectivity index (χ0n) is 18.1. The van der Waals surface area contributed by atoms with Gasteiger partial charge in [-0.2, -0.15) is 0 Å². The van der Waals surface area contributed by atoms with Crippen molar-refractivity contribution in [2.75, 3.05) is 46.8 Å². The second kappa shape index (κ2) is 9.59. The van der Waals surface area contributed by atoms with Crippen molar-refractivity contribution < 1.29 is 4.79 Å². The van der Waals surface area contributed by atoms with E-state index in [1.165, 1.54) is 50.2 Å². The molecule has 3 heterocycles. The number of carbonyl (C=O) groups is 1. The van der Waals surface area contributed by atoms with Gasteiger partial charge in [0.05, 0.1) is 0 Å². The van der Waals surface area contributed by atoms with E-state index in [2.05, 4.69) is 46.5 Å². The molecule has 1 N–H and O–H groups in total. The summed E-state index contributed by atoms with van der Waals surface area (Å²) in [6, 6.07) is 4.84. The molecule has 0 aromatic carbocycles. The third-order valence-electron chi connectivity index (χ3n) is 6.53. The Morgan fingerprint density at radius 1 is 1.29 bits per heavy atom. The number of nitrogens with zero attached hydrogens (tertiary/aromatic N) is 3. The average Bonchev–Trinajstić information content (AvgIpc) is 3.15. The lowest BCUT2D eigenvalue weighted by molar-refractivity contribution is -0.0357. The van der Waals surface area contributed by atoms with E-state index in [-0.39, 0.29) is 6.03 Å². The molecule has 2 saturated heterocycles. The molecule has 2 aliphatic heterocycles. The van der Waals surface area contributed by atoms with Gasteiger partial charge in [-0.25, -0.2) is 4.79 Å². The van der Waals surface area contributed by atoms with Gasteiger partial charge in [0.2, 0.25) is 0 Å². The molecule has 1 spiro atoms. The molecule has 28 heavy (non-hydrogen) atoms. The summed E-state index contributed by atoms with van der Waals surface area (Å²) in [4.78, 5) is 20.6. The standard InChI is InChI=1S/C22H38N4OS/c1-18(2)16-25-12-9-22(10-13-25)8-6-11-26(17-19-7-5-14-28-19)20(22)15-23-21(27)24(3)4/h5,7,14,18,20H,6,8-13,15-17H2,1-4H3,(H,23,27)/t20-/m1/s1. The Hall–Kier alpha value is -1.11. The molecule has 0 aliphatic carbocycles. The second-order valence-electron chi connectivity index (χ2n) is 9.31. The Balaban J connectivity index is 1.73. The zero-order valence-corrected chi connectivity index (χ0v) is 18.9. The highest BCUT2D eigenvalue weighted by Gasteiger charge is 2.46. The largest absolute Gasteiger partial charge is 0.336 e. The highest BCUT2D eigenvalue weighted by molar-refractivity contribution is 7.09. The first-order valence-corrected chi connectivity index (χ1v) is 11.7. The van der Waals surface area contributed by atoms with Gasteiger partial charge in [0.1, 0.15) is 0 Å². The van der Waals surface area contributed by atoms with Crippen molar-refractivity contribution in [1.82, 2.24) is 20.0 Å². The first-order chi connectivity index (χ1) is 13.4. The maximum atomic E-state index is 12.2. The van der Waals surface area contributed by atoms with Crippen LogP contribution in [0.1, 0.15) is 44.4 Å². The van der Waals surface area contributed by atoms with Crippen LogP contribution in [0.2, 0.25) is 0 Å². The van der Waals surface area contributed by atoms with Gasteiger partial charge in [0, 0.05) is 44.6 Å². The van der Waals surface area contributed by atoms with Crippen LogP contribution >= 0.6 is 11.3 Å². The quantitative estimate of drug-likeness (QED) is 0.782. The lowest BCUT2D eigenvalue weighted by atomic mass is 9.66. The molecule has 0 radical (unpaired) electrons. The molecule has 2 fully saturated rings. The summed E-state index contributed by atoms with van der Waals surface area (Å²) in [6.45, 7) is 11.1. The Morgan fingerprint density at radius 3 is 2.64 bits per heavy atom. The number of nitrogens with one attached hydrogen (secondary N) is 1. The summed E-state index contributed by atoms with van der Waals surface area (Å²) >= 11 is 1.84. The lowest BCUT2D eigenvalue weighted by Gasteiger charge is -2.54. The minimum atomic E-state index is 0.0223. The van der Waals surface area contributed by atoms with Crippen LogP contribution in [-0.2, 0) is 6.54 Å². The third-order valence-corrected chi connectivity index (χ3v) is 7.40. The van der Waals surface area contributed by atoms with Crippen LogP contribution in [0, 0.1) is 11.3 Å². The maximum absolute atomic E-state index is 12.2. The Labute approximate surface area is 175 Å². The highest BCUT2D eigenvalue weighted by atomic mass is 32.1. The van der Waals surface area contributed by atoms with Gasteiger partial charge in [-0.1, -0.05) is 19.9 Å². The summed E-state index contributed by atoms with van der Waals surface area (Å²) in [5.74, 6) is 0.728. The molecule has 6 heteroatoms. The SMILES string of the molecule is CC(C)CN1CCC2(CCCN(Cc3cccs3)[C@@H]2CNC(=O)N(C)C)CC1. The summed E-state index contributed by atoms with van der Waals surface area (Å²) < 4.78 is 0. The molecule has 0 unspecified atom stereocenters. The molecular formula is C22H38N4OS. The predicted octanol–water partition coefficient (Wildman–Crippen LogP) is 3.72. The third kappa shape index (κ3) is 5.28. The summed E-state index contributed by atoms with van der Waals surface area (Å²) in [5, 5.41) is 5.38. The van der Waals surface area contributed by atoms with Crippen molar-refractivity contribution >= 4 is 17.4 Å². The van der Waals surface area contributed by atoms with Gasteiger partial charge in [0.25, 0.3) is 0 Å². The van der Waals surface area contributed by atoms with Crippen LogP contribution in [0.3, 0.4) is 0 Å². The van der Waals surface area contributed by atoms with Crippen LogP contribution < -0.4 is 5.32 Å². The number of piperidine rings is 2. The highest BCUT2D eigenvalue weighted by Crippen LogP contribution is 2.45. The van der Waals surface area contributed by atoms with Crippen molar-refractivity contribution in [3.63, 3.8) is 0 Å². The van der Waals surface area contributed by atoms with Gasteiger partial charge in [-0.3, -0.25) is 4.90 Å². The van der Waals surface area contributed by atoms with E-state index >= 15 is 0 Å². The molecule has 1 atom stereocenters. The van der Waals surface area contributed by atoms with E-state index in [0.29, 0.717) is 11.5 Å². The number of amides is 2. The maximum Gasteiger partial charge on any atom is 0.316 e. The lowest BCUT2D eigenvalue weighted by Crippen LogP contribution is -2.60. The van der Waals surface area contributed by atoms with Gasteiger partial charge >= 0.3 is 6.03 Å². The molecule has 0 saturated carbocycles. The summed E-state index contributed by atoms with van der Waals surface area (Å²) in [7, 11) is 3.64. The number of urea groups is 1. The fraction of sp³-hybridized carbons (Fsp3) is 0.773. The van der Waals surface area contributed by atoms with E-state index in [0.717, 1.165) is 25.6 Å². The first kappa shape index (κ1) is 21.6. The number of hydrogen-bond acceptors (Lipinski definition) is 4. The fourth-order valence-electron chi connectivity index (χ4n) is 5.10. The van der Waals surface area contributed by atoms with E-state index < -0.39 is 0 Å². The van der Waals surface area contributed by atoms with Crippen molar-refractivity contribution in [3.8, 4) is 0 Å². The zero-order chi connectivity index (χ0) is 20.1. The van der Waals surface area contributed by atoms with Crippen molar-refractivity contribution in [3.05, 3.63) is 22.4 Å². The molecular weight excluding hydrogens is 368 g/mol. The van der Waals surface area contributed by atoms with Gasteiger partial charge < -0.3 is 15.1 Å². The predicted molar refractivity (Wildman–Crippen MR) is 118 cm³/mol. The number of hydrogen-bond donors (Lipinski definition) is 1. The fourth-order valence-corrected chi connectivity index (χ4v) is 5.83. The van der Waals surface area contributed by atoms with Crippen molar-refractivity contribution in [2.24, 2.45) is 11.3 Å². The Kier molecular flexibility index (Phi) is 7.40. The number of rotatable bonds is 6. The molecule has 1 aromatic heterocycles. The number of likely N-dealkylation sites (tertiary alicyclic amines) is 2. The minimum Gasteiger partial charge on any atom is -0.336 e. The molecule has 0 bridgehead atoms. The number of carbonyl (C=O) groups excluding carboxylic acids is 1. The van der Waals surface area contributed by atoms with E-state index in [1.807, 2.05) is 25.4 Å². The van der Waals surface area contributed by atoms with Crippen LogP contribution in [0.15, 0.2) is 17.5 Å². The summed E-state index contributed by atoms with van der Waals surface area (Å²) in [6.07, 6.45) is 5.08. The molecule has 1 aromatic rings. The van der Waals surface area contributed by atoms with Crippen LogP contribution in [0.25, 0.3) is 0 Å². The van der Waals surface area contributed by atoms with Gasteiger partial charge in [-0.05, 0) is 68.1 Å². The molecule has 3 rings (SSSR count). The smallest absolute Gasteiger partial charge is 0.316 e. The van der Waals surface area contributed by atoms with Crippen LogP contribution in [-0.4, -0.2) is 73.6 Å².